The molecule has 0 fully saturated rings. The molecule has 0 aliphatic heterocycles. The minimum atomic E-state index is -0.713. The van der Waals surface area contributed by atoms with Gasteiger partial charge in [0.15, 0.2) is 5.82 Å². The third kappa shape index (κ3) is 2.32. The van der Waals surface area contributed by atoms with Crippen LogP contribution in [-0.4, -0.2) is 21.4 Å². The van der Waals surface area contributed by atoms with Gasteiger partial charge < -0.3 is 9.63 Å². The van der Waals surface area contributed by atoms with Crippen LogP contribution in [-0.2, 0) is 6.42 Å². The lowest BCUT2D eigenvalue weighted by Gasteiger charge is -1.99. The van der Waals surface area contributed by atoms with Crippen molar-refractivity contribution in [1.29, 1.82) is 5.26 Å². The summed E-state index contributed by atoms with van der Waals surface area (Å²) in [6.07, 6.45) is -0.384. The van der Waals surface area contributed by atoms with Gasteiger partial charge >= 0.3 is 0 Å². The molecule has 0 radical (unpaired) electrons. The minimum Gasteiger partial charge on any atom is -0.392 e. The molecule has 1 heterocycles. The Morgan fingerprint density at radius 1 is 1.75 bits per heavy atom. The molecule has 12 heavy (non-hydrogen) atoms. The summed E-state index contributed by atoms with van der Waals surface area (Å²) in [5, 5.41) is 21.0. The van der Waals surface area contributed by atoms with Crippen LogP contribution < -0.4 is 0 Å². The van der Waals surface area contributed by atoms with Crippen molar-refractivity contribution < 1.29 is 9.63 Å². The van der Waals surface area contributed by atoms with Crippen LogP contribution in [0.25, 0.3) is 0 Å². The van der Waals surface area contributed by atoms with E-state index in [4.69, 9.17) is 14.9 Å². The molecule has 0 amide bonds. The van der Waals surface area contributed by atoms with Crippen LogP contribution >= 0.6 is 0 Å². The van der Waals surface area contributed by atoms with Crippen molar-refractivity contribution in [3.05, 3.63) is 11.7 Å². The Bertz CT molecular complexity index is 289. The maximum atomic E-state index is 9.16. The van der Waals surface area contributed by atoms with Crippen LogP contribution in [0.3, 0.4) is 0 Å². The summed E-state index contributed by atoms with van der Waals surface area (Å²) in [6, 6.07) is 1.85. The van der Waals surface area contributed by atoms with Gasteiger partial charge in [-0.1, -0.05) is 5.16 Å². The van der Waals surface area contributed by atoms with E-state index in [0.717, 1.165) is 0 Å². The number of rotatable bonds is 3. The second-order valence-corrected chi connectivity index (χ2v) is 2.46. The zero-order valence-electron chi connectivity index (χ0n) is 6.69. The van der Waals surface area contributed by atoms with E-state index in [1.807, 2.05) is 6.07 Å². The van der Waals surface area contributed by atoms with Crippen LogP contribution in [0.2, 0.25) is 0 Å². The van der Waals surface area contributed by atoms with E-state index in [0.29, 0.717) is 11.7 Å². The molecule has 64 valence electrons. The van der Waals surface area contributed by atoms with E-state index < -0.39 is 6.10 Å². The topological polar surface area (TPSA) is 82.9 Å². The molecule has 1 aromatic rings. The molecule has 1 unspecified atom stereocenters. The highest BCUT2D eigenvalue weighted by molar-refractivity contribution is 4.87. The van der Waals surface area contributed by atoms with Crippen molar-refractivity contribution in [1.82, 2.24) is 10.1 Å². The lowest BCUT2D eigenvalue weighted by molar-refractivity contribution is 0.167. The molecule has 1 rings (SSSR count). The summed E-state index contributed by atoms with van der Waals surface area (Å²) in [6.45, 7) is 1.70. The first-order valence-corrected chi connectivity index (χ1v) is 3.56. The molecule has 0 saturated carbocycles. The van der Waals surface area contributed by atoms with Crippen molar-refractivity contribution in [3.8, 4) is 6.07 Å². The first-order valence-electron chi connectivity index (χ1n) is 3.56. The van der Waals surface area contributed by atoms with Crippen molar-refractivity contribution in [2.75, 3.05) is 0 Å². The van der Waals surface area contributed by atoms with Gasteiger partial charge in [-0.25, -0.2) is 0 Å². The molecule has 1 N–H and O–H groups in total. The second-order valence-electron chi connectivity index (χ2n) is 2.46. The van der Waals surface area contributed by atoms with Gasteiger partial charge in [0.25, 0.3) is 0 Å². The zero-order valence-corrected chi connectivity index (χ0v) is 6.69. The number of aliphatic hydroxyl groups is 1. The summed E-state index contributed by atoms with van der Waals surface area (Å²) in [5.41, 5.74) is 0. The summed E-state index contributed by atoms with van der Waals surface area (Å²) in [4.78, 5) is 3.89. The Kier molecular flexibility index (Phi) is 2.77. The SMILES string of the molecule is Cc1noc(CC(O)CC#N)n1. The summed E-state index contributed by atoms with van der Waals surface area (Å²) >= 11 is 0. The van der Waals surface area contributed by atoms with Gasteiger partial charge in [0.05, 0.1) is 25.0 Å². The molecule has 0 aromatic carbocycles. The molecular weight excluding hydrogens is 158 g/mol. The largest absolute Gasteiger partial charge is 0.392 e. The van der Waals surface area contributed by atoms with Gasteiger partial charge in [0, 0.05) is 0 Å². The highest BCUT2D eigenvalue weighted by atomic mass is 16.5. The monoisotopic (exact) mass is 167 g/mol. The predicted octanol–water partition coefficient (Wildman–Crippen LogP) is 0.195. The van der Waals surface area contributed by atoms with Gasteiger partial charge in [-0.2, -0.15) is 10.2 Å². The number of nitriles is 1. The Balaban J connectivity index is 2.47. The maximum absolute atomic E-state index is 9.16. The quantitative estimate of drug-likeness (QED) is 0.695. The highest BCUT2D eigenvalue weighted by Crippen LogP contribution is 2.02. The third-order valence-corrected chi connectivity index (χ3v) is 1.31. The Labute approximate surface area is 69.6 Å². The van der Waals surface area contributed by atoms with Gasteiger partial charge in [-0.05, 0) is 6.92 Å². The number of hydrogen-bond donors (Lipinski definition) is 1. The molecule has 5 nitrogen and oxygen atoms in total. The molecular formula is C7H9N3O2. The molecule has 1 aromatic heterocycles. The number of hydrogen-bond acceptors (Lipinski definition) is 5. The molecule has 0 saturated heterocycles. The zero-order chi connectivity index (χ0) is 8.97. The fraction of sp³-hybridized carbons (Fsp3) is 0.571. The standard InChI is InChI=1S/C7H9N3O2/c1-5-9-7(12-10-5)4-6(11)2-3-8/h6,11H,2,4H2,1H3. The lowest BCUT2D eigenvalue weighted by atomic mass is 10.2. The number of aliphatic hydroxyl groups excluding tert-OH is 1. The fourth-order valence-electron chi connectivity index (χ4n) is 0.802. The molecule has 0 bridgehead atoms. The van der Waals surface area contributed by atoms with Crippen LogP contribution in [0.1, 0.15) is 18.1 Å². The molecule has 5 heteroatoms. The molecule has 0 aliphatic rings. The molecule has 0 spiro atoms. The Morgan fingerprint density at radius 2 is 2.50 bits per heavy atom. The van der Waals surface area contributed by atoms with Crippen LogP contribution in [0.4, 0.5) is 0 Å². The predicted molar refractivity (Wildman–Crippen MR) is 39.0 cm³/mol. The first-order chi connectivity index (χ1) is 5.72. The maximum Gasteiger partial charge on any atom is 0.229 e. The van der Waals surface area contributed by atoms with Gasteiger partial charge in [0.2, 0.25) is 5.89 Å². The van der Waals surface area contributed by atoms with E-state index in [1.165, 1.54) is 0 Å². The van der Waals surface area contributed by atoms with Crippen LogP contribution in [0.15, 0.2) is 4.52 Å². The second kappa shape index (κ2) is 3.83. The molecule has 0 aliphatic carbocycles. The number of nitrogens with zero attached hydrogens (tertiary/aromatic N) is 3. The lowest BCUT2D eigenvalue weighted by Crippen LogP contribution is -2.09. The normalized spacial score (nSPS) is 12.4. The molecule has 1 atom stereocenters. The van der Waals surface area contributed by atoms with Crippen LogP contribution in [0, 0.1) is 18.3 Å². The smallest absolute Gasteiger partial charge is 0.229 e. The number of aryl methyl sites for hydroxylation is 1. The van der Waals surface area contributed by atoms with Gasteiger partial charge in [0.1, 0.15) is 0 Å². The van der Waals surface area contributed by atoms with Gasteiger partial charge in [-0.3, -0.25) is 0 Å². The van der Waals surface area contributed by atoms with Crippen molar-refractivity contribution in [2.24, 2.45) is 0 Å². The summed E-state index contributed by atoms with van der Waals surface area (Å²) in [7, 11) is 0. The average Bonchev–Trinajstić information content (AvgIpc) is 2.36. The Morgan fingerprint density at radius 3 is 3.00 bits per heavy atom. The Hall–Kier alpha value is -1.41. The van der Waals surface area contributed by atoms with E-state index in [1.54, 1.807) is 6.92 Å². The number of aromatic nitrogens is 2. The third-order valence-electron chi connectivity index (χ3n) is 1.31. The summed E-state index contributed by atoms with van der Waals surface area (Å²) < 4.78 is 4.75. The van der Waals surface area contributed by atoms with Gasteiger partial charge in [-0.15, -0.1) is 0 Å². The van der Waals surface area contributed by atoms with E-state index in [-0.39, 0.29) is 12.8 Å². The van der Waals surface area contributed by atoms with E-state index in [2.05, 4.69) is 10.1 Å². The van der Waals surface area contributed by atoms with E-state index in [9.17, 15) is 0 Å². The first kappa shape index (κ1) is 8.68. The highest BCUT2D eigenvalue weighted by Gasteiger charge is 2.09. The van der Waals surface area contributed by atoms with E-state index >= 15 is 0 Å². The van der Waals surface area contributed by atoms with Crippen LogP contribution in [0.5, 0.6) is 0 Å². The van der Waals surface area contributed by atoms with Crippen molar-refractivity contribution in [3.63, 3.8) is 0 Å². The fourth-order valence-corrected chi connectivity index (χ4v) is 0.802. The minimum absolute atomic E-state index is 0.0847. The van der Waals surface area contributed by atoms with Crippen molar-refractivity contribution in [2.45, 2.75) is 25.9 Å². The van der Waals surface area contributed by atoms with Crippen molar-refractivity contribution >= 4 is 0 Å². The average molecular weight is 167 g/mol. The summed E-state index contributed by atoms with van der Waals surface area (Å²) in [5.74, 6) is 0.907.